The van der Waals surface area contributed by atoms with Gasteiger partial charge in [0.2, 0.25) is 0 Å². The van der Waals surface area contributed by atoms with E-state index in [9.17, 15) is 14.7 Å². The number of carbonyl (C=O) groups is 2. The molecule has 1 unspecified atom stereocenters. The standard InChI is InChI=1S/C26H33N3O4/c1-17(2)16-33-20-9-10-21(18(3)14-20)24(30)22-23(19-8-6-11-27-15-19)29(26(32)25(22)31)13-7-12-28(4)5/h6,8-11,14-15,17,23,30H,7,12-13,16H2,1-5H3/p+1. The molecule has 0 aliphatic carbocycles. The van der Waals surface area contributed by atoms with E-state index in [2.05, 4.69) is 18.8 Å². The van der Waals surface area contributed by atoms with E-state index in [1.165, 1.54) is 4.90 Å². The molecule has 0 spiro atoms. The van der Waals surface area contributed by atoms with E-state index in [4.69, 9.17) is 4.74 Å². The van der Waals surface area contributed by atoms with Crippen LogP contribution in [0.1, 0.15) is 43.0 Å². The van der Waals surface area contributed by atoms with E-state index < -0.39 is 17.7 Å². The summed E-state index contributed by atoms with van der Waals surface area (Å²) in [4.78, 5) is 33.1. The van der Waals surface area contributed by atoms with Crippen LogP contribution in [0.2, 0.25) is 0 Å². The maximum atomic E-state index is 13.1. The second-order valence-electron chi connectivity index (χ2n) is 9.27. The van der Waals surface area contributed by atoms with Crippen LogP contribution in [0.4, 0.5) is 0 Å². The van der Waals surface area contributed by atoms with Gasteiger partial charge in [0, 0.05) is 30.9 Å². The normalized spacial score (nSPS) is 17.9. The zero-order valence-corrected chi connectivity index (χ0v) is 20.1. The largest absolute Gasteiger partial charge is 0.507 e. The van der Waals surface area contributed by atoms with Gasteiger partial charge < -0.3 is 19.6 Å². The average Bonchev–Trinajstić information content (AvgIpc) is 3.02. The number of hydrogen-bond acceptors (Lipinski definition) is 5. The van der Waals surface area contributed by atoms with Gasteiger partial charge in [0.15, 0.2) is 0 Å². The number of nitrogens with one attached hydrogen (secondary N) is 1. The number of ketones is 1. The average molecular weight is 453 g/mol. The third-order valence-electron chi connectivity index (χ3n) is 5.65. The van der Waals surface area contributed by atoms with E-state index in [1.807, 2.05) is 33.2 Å². The molecule has 2 aromatic rings. The number of aliphatic hydroxyl groups is 1. The minimum atomic E-state index is -0.674. The quantitative estimate of drug-likeness (QED) is 0.347. The van der Waals surface area contributed by atoms with Crippen LogP contribution in [0.3, 0.4) is 0 Å². The van der Waals surface area contributed by atoms with E-state index >= 15 is 0 Å². The van der Waals surface area contributed by atoms with Crippen molar-refractivity contribution >= 4 is 17.4 Å². The number of pyridine rings is 1. The number of nitrogens with zero attached hydrogens (tertiary/aromatic N) is 2. The van der Waals surface area contributed by atoms with E-state index in [-0.39, 0.29) is 11.3 Å². The van der Waals surface area contributed by atoms with Crippen LogP contribution in [0.25, 0.3) is 5.76 Å². The molecule has 7 nitrogen and oxygen atoms in total. The predicted molar refractivity (Wildman–Crippen MR) is 127 cm³/mol. The monoisotopic (exact) mass is 452 g/mol. The summed E-state index contributed by atoms with van der Waals surface area (Å²) >= 11 is 0. The van der Waals surface area contributed by atoms with Crippen molar-refractivity contribution in [2.45, 2.75) is 33.2 Å². The second kappa shape index (κ2) is 10.6. The van der Waals surface area contributed by atoms with Crippen molar-refractivity contribution in [2.24, 2.45) is 5.92 Å². The molecular formula is C26H34N3O4+. The van der Waals surface area contributed by atoms with Gasteiger partial charge in [-0.15, -0.1) is 0 Å². The van der Waals surface area contributed by atoms with Gasteiger partial charge in [-0.2, -0.15) is 0 Å². The molecule has 1 amide bonds. The lowest BCUT2D eigenvalue weighted by Gasteiger charge is -2.25. The molecule has 33 heavy (non-hydrogen) atoms. The van der Waals surface area contributed by atoms with Crippen molar-refractivity contribution < 1.29 is 24.3 Å². The van der Waals surface area contributed by atoms with Gasteiger partial charge in [-0.3, -0.25) is 14.6 Å². The number of amides is 1. The number of carbonyl (C=O) groups excluding carboxylic acids is 2. The molecule has 1 aromatic carbocycles. The van der Waals surface area contributed by atoms with Crippen LogP contribution in [-0.2, 0) is 9.59 Å². The number of likely N-dealkylation sites (tertiary alicyclic amines) is 1. The van der Waals surface area contributed by atoms with Crippen molar-refractivity contribution in [3.63, 3.8) is 0 Å². The molecule has 1 atom stereocenters. The maximum absolute atomic E-state index is 13.1. The fourth-order valence-electron chi connectivity index (χ4n) is 4.00. The van der Waals surface area contributed by atoms with Gasteiger partial charge in [-0.25, -0.2) is 0 Å². The Morgan fingerprint density at radius 3 is 2.61 bits per heavy atom. The molecule has 1 aliphatic rings. The van der Waals surface area contributed by atoms with Crippen LogP contribution in [0.15, 0.2) is 48.3 Å². The third kappa shape index (κ3) is 5.60. The summed E-state index contributed by atoms with van der Waals surface area (Å²) in [5.74, 6) is -0.334. The van der Waals surface area contributed by atoms with Crippen molar-refractivity contribution in [1.29, 1.82) is 0 Å². The van der Waals surface area contributed by atoms with E-state index in [0.717, 1.165) is 18.5 Å². The Morgan fingerprint density at radius 2 is 2.00 bits per heavy atom. The first-order valence-electron chi connectivity index (χ1n) is 11.4. The van der Waals surface area contributed by atoms with Gasteiger partial charge in [0.25, 0.3) is 11.7 Å². The number of aromatic nitrogens is 1. The fourth-order valence-corrected chi connectivity index (χ4v) is 4.00. The Bertz CT molecular complexity index is 1030. The molecule has 1 aromatic heterocycles. The Kier molecular flexibility index (Phi) is 7.87. The highest BCUT2D eigenvalue weighted by Crippen LogP contribution is 2.39. The number of Topliss-reactive ketones (excluding diaryl/α,β-unsaturated/α-hetero) is 1. The molecule has 2 N–H and O–H groups in total. The number of benzene rings is 1. The maximum Gasteiger partial charge on any atom is 0.295 e. The smallest absolute Gasteiger partial charge is 0.295 e. The zero-order chi connectivity index (χ0) is 24.1. The lowest BCUT2D eigenvalue weighted by Crippen LogP contribution is -3.05. The van der Waals surface area contributed by atoms with Crippen LogP contribution in [0, 0.1) is 12.8 Å². The van der Waals surface area contributed by atoms with Crippen LogP contribution < -0.4 is 9.64 Å². The highest BCUT2D eigenvalue weighted by Gasteiger charge is 2.46. The van der Waals surface area contributed by atoms with Crippen LogP contribution in [-0.4, -0.2) is 60.5 Å². The number of aliphatic hydroxyl groups excluding tert-OH is 1. The number of aryl methyl sites for hydroxylation is 1. The van der Waals surface area contributed by atoms with Crippen LogP contribution in [0.5, 0.6) is 5.75 Å². The lowest BCUT2D eigenvalue weighted by molar-refractivity contribution is -0.858. The zero-order valence-electron chi connectivity index (χ0n) is 20.1. The first kappa shape index (κ1) is 24.5. The number of quaternary nitrogens is 1. The molecule has 1 fully saturated rings. The summed E-state index contributed by atoms with van der Waals surface area (Å²) in [6, 6.07) is 8.28. The summed E-state index contributed by atoms with van der Waals surface area (Å²) in [5, 5.41) is 11.3. The molecular weight excluding hydrogens is 418 g/mol. The topological polar surface area (TPSA) is 84.2 Å². The van der Waals surface area contributed by atoms with Crippen molar-refractivity contribution in [1.82, 2.24) is 9.88 Å². The number of rotatable bonds is 9. The Labute approximate surface area is 195 Å². The summed E-state index contributed by atoms with van der Waals surface area (Å²) in [6.07, 6.45) is 4.03. The summed E-state index contributed by atoms with van der Waals surface area (Å²) in [5.41, 5.74) is 2.08. The molecule has 1 saturated heterocycles. The molecule has 7 heteroatoms. The number of ether oxygens (including phenoxy) is 1. The van der Waals surface area contributed by atoms with Gasteiger partial charge in [0.1, 0.15) is 11.5 Å². The van der Waals surface area contributed by atoms with Crippen molar-refractivity contribution in [3.05, 3.63) is 65.0 Å². The molecule has 176 valence electrons. The second-order valence-corrected chi connectivity index (χ2v) is 9.27. The van der Waals surface area contributed by atoms with Gasteiger partial charge >= 0.3 is 0 Å². The Hall–Kier alpha value is -3.19. The first-order chi connectivity index (χ1) is 15.7. The molecule has 3 rings (SSSR count). The van der Waals surface area contributed by atoms with Gasteiger partial charge in [-0.05, 0) is 48.2 Å². The lowest BCUT2D eigenvalue weighted by atomic mass is 9.94. The van der Waals surface area contributed by atoms with Gasteiger partial charge in [-0.1, -0.05) is 19.9 Å². The molecule has 0 saturated carbocycles. The molecule has 0 radical (unpaired) electrons. The van der Waals surface area contributed by atoms with Crippen LogP contribution >= 0.6 is 0 Å². The number of hydrogen-bond donors (Lipinski definition) is 2. The Balaban J connectivity index is 2.02. The molecule has 0 bridgehead atoms. The molecule has 2 heterocycles. The highest BCUT2D eigenvalue weighted by molar-refractivity contribution is 6.46. The minimum Gasteiger partial charge on any atom is -0.507 e. The summed E-state index contributed by atoms with van der Waals surface area (Å²) in [7, 11) is 4.09. The fraction of sp³-hybridized carbons (Fsp3) is 0.423. The third-order valence-corrected chi connectivity index (χ3v) is 5.65. The first-order valence-corrected chi connectivity index (χ1v) is 11.4. The van der Waals surface area contributed by atoms with E-state index in [1.54, 1.807) is 35.5 Å². The summed E-state index contributed by atoms with van der Waals surface area (Å²) in [6.45, 7) is 7.87. The predicted octanol–water partition coefficient (Wildman–Crippen LogP) is 2.38. The Morgan fingerprint density at radius 1 is 1.24 bits per heavy atom. The minimum absolute atomic E-state index is 0.101. The SMILES string of the molecule is Cc1cc(OCC(C)C)ccc1C(O)=C1C(=O)C(=O)N(CCC[NH+](C)C)C1c1cccnc1. The van der Waals surface area contributed by atoms with Crippen molar-refractivity contribution in [2.75, 3.05) is 33.8 Å². The highest BCUT2D eigenvalue weighted by atomic mass is 16.5. The van der Waals surface area contributed by atoms with E-state index in [0.29, 0.717) is 35.9 Å². The molecule has 1 aliphatic heterocycles. The summed E-state index contributed by atoms with van der Waals surface area (Å²) < 4.78 is 5.78. The van der Waals surface area contributed by atoms with Gasteiger partial charge in [0.05, 0.1) is 38.9 Å². The van der Waals surface area contributed by atoms with Crippen molar-refractivity contribution in [3.8, 4) is 5.75 Å².